The molecule has 0 unspecified atom stereocenters. The predicted octanol–water partition coefficient (Wildman–Crippen LogP) is 3.15. The summed E-state index contributed by atoms with van der Waals surface area (Å²) < 4.78 is 0. The van der Waals surface area contributed by atoms with Crippen molar-refractivity contribution in [2.24, 2.45) is 0 Å². The van der Waals surface area contributed by atoms with Gasteiger partial charge in [-0.1, -0.05) is 24.6 Å². The summed E-state index contributed by atoms with van der Waals surface area (Å²) in [5.41, 5.74) is 2.18. The molecule has 0 saturated heterocycles. The van der Waals surface area contributed by atoms with Gasteiger partial charge < -0.3 is 10.0 Å². The zero-order valence-corrected chi connectivity index (χ0v) is 11.8. The Kier molecular flexibility index (Phi) is 5.30. The number of aryl methyl sites for hydroxylation is 1. The third-order valence-electron chi connectivity index (χ3n) is 2.71. The van der Waals surface area contributed by atoms with E-state index in [1.165, 1.54) is 0 Å². The minimum Gasteiger partial charge on any atom is -0.477 e. The Hall–Kier alpha value is -2.10. The molecule has 19 heavy (non-hydrogen) atoms. The molecule has 0 fully saturated rings. The number of carbonyl (C=O) groups is 1. The van der Waals surface area contributed by atoms with Crippen molar-refractivity contribution in [3.8, 4) is 0 Å². The van der Waals surface area contributed by atoms with Gasteiger partial charge in [0, 0.05) is 13.2 Å². The second kappa shape index (κ2) is 6.73. The minimum absolute atomic E-state index is 0.207. The third kappa shape index (κ3) is 4.25. The Balaban J connectivity index is 3.09. The summed E-state index contributed by atoms with van der Waals surface area (Å²) in [6, 6.07) is 3.72. The molecule has 0 saturated carbocycles. The molecule has 0 spiro atoms. The van der Waals surface area contributed by atoms with Crippen LogP contribution in [0.15, 0.2) is 41.8 Å². The molecule has 0 atom stereocenters. The average Bonchev–Trinajstić information content (AvgIpc) is 2.36. The lowest BCUT2D eigenvalue weighted by molar-refractivity contribution is -0.132. The van der Waals surface area contributed by atoms with Crippen molar-refractivity contribution in [1.29, 1.82) is 0 Å². The number of anilines is 1. The van der Waals surface area contributed by atoms with Gasteiger partial charge in [0.1, 0.15) is 11.5 Å². The van der Waals surface area contributed by atoms with Crippen LogP contribution >= 0.6 is 0 Å². The standard InChI is InChI=1S/C15H20N2O2/c1-5-6-11(2)9-13(15(18)19)17(4)14-8-7-12(3)10-16-14/h6-10H,5H2,1-4H3,(H,18,19)/b11-6+,13-9-. The van der Waals surface area contributed by atoms with Crippen molar-refractivity contribution in [3.63, 3.8) is 0 Å². The second-order valence-electron chi connectivity index (χ2n) is 4.44. The molecule has 1 aromatic heterocycles. The lowest BCUT2D eigenvalue weighted by atomic mass is 10.2. The van der Waals surface area contributed by atoms with E-state index in [9.17, 15) is 9.90 Å². The van der Waals surface area contributed by atoms with Gasteiger partial charge in [0.15, 0.2) is 0 Å². The summed E-state index contributed by atoms with van der Waals surface area (Å²) in [7, 11) is 1.71. The number of aliphatic carboxylic acids is 1. The van der Waals surface area contributed by atoms with Crippen LogP contribution in [0, 0.1) is 6.92 Å². The summed E-state index contributed by atoms with van der Waals surface area (Å²) in [6.45, 7) is 5.85. The lowest BCUT2D eigenvalue weighted by Crippen LogP contribution is -2.23. The molecule has 1 aromatic rings. The first-order chi connectivity index (χ1) is 8.95. The largest absolute Gasteiger partial charge is 0.477 e. The van der Waals surface area contributed by atoms with E-state index < -0.39 is 5.97 Å². The van der Waals surface area contributed by atoms with Crippen LogP contribution in [0.2, 0.25) is 0 Å². The van der Waals surface area contributed by atoms with Gasteiger partial charge in [-0.05, 0) is 38.0 Å². The Morgan fingerprint density at radius 2 is 2.16 bits per heavy atom. The van der Waals surface area contributed by atoms with Crippen LogP contribution < -0.4 is 4.90 Å². The van der Waals surface area contributed by atoms with Gasteiger partial charge in [-0.3, -0.25) is 0 Å². The van der Waals surface area contributed by atoms with Crippen LogP contribution in [0.1, 0.15) is 25.8 Å². The van der Waals surface area contributed by atoms with Crippen LogP contribution in [0.5, 0.6) is 0 Å². The first kappa shape index (κ1) is 15.0. The van der Waals surface area contributed by atoms with Gasteiger partial charge in [-0.15, -0.1) is 0 Å². The number of hydrogen-bond donors (Lipinski definition) is 1. The first-order valence-electron chi connectivity index (χ1n) is 6.23. The zero-order valence-electron chi connectivity index (χ0n) is 11.8. The SMILES string of the molecule is CC/C=C(C)/C=C(/C(=O)O)N(C)c1ccc(C)cn1. The van der Waals surface area contributed by atoms with E-state index in [0.29, 0.717) is 5.82 Å². The van der Waals surface area contributed by atoms with Gasteiger partial charge in [0.25, 0.3) is 0 Å². The van der Waals surface area contributed by atoms with E-state index >= 15 is 0 Å². The molecule has 0 bridgehead atoms. The van der Waals surface area contributed by atoms with E-state index in [0.717, 1.165) is 17.6 Å². The number of rotatable bonds is 5. The highest BCUT2D eigenvalue weighted by molar-refractivity contribution is 5.91. The highest BCUT2D eigenvalue weighted by Crippen LogP contribution is 2.16. The van der Waals surface area contributed by atoms with Crippen LogP contribution in [-0.4, -0.2) is 23.1 Å². The molecule has 0 aliphatic carbocycles. The van der Waals surface area contributed by atoms with E-state index in [-0.39, 0.29) is 5.70 Å². The van der Waals surface area contributed by atoms with Crippen LogP contribution in [0.4, 0.5) is 5.82 Å². The highest BCUT2D eigenvalue weighted by Gasteiger charge is 2.15. The number of nitrogens with zero attached hydrogens (tertiary/aromatic N) is 2. The maximum atomic E-state index is 11.4. The normalized spacial score (nSPS) is 12.4. The number of aromatic nitrogens is 1. The van der Waals surface area contributed by atoms with Crippen molar-refractivity contribution in [3.05, 3.63) is 47.3 Å². The molecule has 0 aromatic carbocycles. The zero-order chi connectivity index (χ0) is 14.4. The topological polar surface area (TPSA) is 53.4 Å². The van der Waals surface area contributed by atoms with E-state index in [1.54, 1.807) is 24.2 Å². The van der Waals surface area contributed by atoms with Gasteiger partial charge in [-0.25, -0.2) is 9.78 Å². The molecule has 4 heteroatoms. The van der Waals surface area contributed by atoms with Crippen LogP contribution in [0.3, 0.4) is 0 Å². The fraction of sp³-hybridized carbons (Fsp3) is 0.333. The molecule has 0 aliphatic heterocycles. The molecule has 0 radical (unpaired) electrons. The Morgan fingerprint density at radius 3 is 2.63 bits per heavy atom. The van der Waals surface area contributed by atoms with Gasteiger partial charge in [0.05, 0.1) is 0 Å². The molecule has 4 nitrogen and oxygen atoms in total. The smallest absolute Gasteiger partial charge is 0.352 e. The maximum absolute atomic E-state index is 11.4. The van der Waals surface area contributed by atoms with E-state index in [1.807, 2.05) is 39.0 Å². The van der Waals surface area contributed by atoms with Crippen LogP contribution in [0.25, 0.3) is 0 Å². The molecular weight excluding hydrogens is 240 g/mol. The molecular formula is C15H20N2O2. The van der Waals surface area contributed by atoms with Crippen molar-refractivity contribution in [1.82, 2.24) is 4.98 Å². The number of carboxylic acids is 1. The number of allylic oxidation sites excluding steroid dienone is 3. The maximum Gasteiger partial charge on any atom is 0.352 e. The monoisotopic (exact) mass is 260 g/mol. The fourth-order valence-corrected chi connectivity index (χ4v) is 1.68. The number of likely N-dealkylation sites (N-methyl/N-ethyl adjacent to an activating group) is 1. The van der Waals surface area contributed by atoms with Crippen LogP contribution in [-0.2, 0) is 4.79 Å². The summed E-state index contributed by atoms with van der Waals surface area (Å²) in [6.07, 6.45) is 6.24. The second-order valence-corrected chi connectivity index (χ2v) is 4.44. The van der Waals surface area contributed by atoms with Crippen molar-refractivity contribution >= 4 is 11.8 Å². The Bertz CT molecular complexity index is 501. The van der Waals surface area contributed by atoms with Crippen molar-refractivity contribution in [2.45, 2.75) is 27.2 Å². The van der Waals surface area contributed by atoms with E-state index in [4.69, 9.17) is 0 Å². The summed E-state index contributed by atoms with van der Waals surface area (Å²) in [5.74, 6) is -0.350. The fourth-order valence-electron chi connectivity index (χ4n) is 1.68. The Morgan fingerprint density at radius 1 is 1.47 bits per heavy atom. The minimum atomic E-state index is -0.964. The predicted molar refractivity (Wildman–Crippen MR) is 77.1 cm³/mol. The molecule has 1 N–H and O–H groups in total. The molecule has 0 amide bonds. The van der Waals surface area contributed by atoms with Gasteiger partial charge in [0.2, 0.25) is 0 Å². The number of carboxylic acid groups (broad SMARTS) is 1. The van der Waals surface area contributed by atoms with Crippen molar-refractivity contribution < 1.29 is 9.90 Å². The highest BCUT2D eigenvalue weighted by atomic mass is 16.4. The molecule has 1 rings (SSSR count). The average molecular weight is 260 g/mol. The molecule has 0 aliphatic rings. The summed E-state index contributed by atoms with van der Waals surface area (Å²) >= 11 is 0. The van der Waals surface area contributed by atoms with Gasteiger partial charge in [-0.2, -0.15) is 0 Å². The van der Waals surface area contributed by atoms with Gasteiger partial charge >= 0.3 is 5.97 Å². The summed E-state index contributed by atoms with van der Waals surface area (Å²) in [5, 5.41) is 9.31. The molecule has 1 heterocycles. The number of hydrogen-bond acceptors (Lipinski definition) is 3. The Labute approximate surface area is 114 Å². The third-order valence-corrected chi connectivity index (χ3v) is 2.71. The van der Waals surface area contributed by atoms with Crippen molar-refractivity contribution in [2.75, 3.05) is 11.9 Å². The first-order valence-corrected chi connectivity index (χ1v) is 6.23. The quantitative estimate of drug-likeness (QED) is 0.652. The number of pyridine rings is 1. The molecule has 102 valence electrons. The summed E-state index contributed by atoms with van der Waals surface area (Å²) in [4.78, 5) is 17.2. The van der Waals surface area contributed by atoms with E-state index in [2.05, 4.69) is 4.98 Å². The lowest BCUT2D eigenvalue weighted by Gasteiger charge is -2.19.